The minimum atomic E-state index is -3.37. The monoisotopic (exact) mass is 315 g/mol. The highest BCUT2D eigenvalue weighted by molar-refractivity contribution is 7.89. The molecule has 5 nitrogen and oxygen atoms in total. The molecule has 0 unspecified atom stereocenters. The van der Waals surface area contributed by atoms with Crippen molar-refractivity contribution in [2.75, 3.05) is 20.1 Å². The number of nitrogens with zero attached hydrogens (tertiary/aromatic N) is 2. The van der Waals surface area contributed by atoms with E-state index in [1.807, 2.05) is 11.5 Å². The first-order chi connectivity index (χ1) is 9.97. The van der Waals surface area contributed by atoms with Gasteiger partial charge in [0.25, 0.3) is 0 Å². The van der Waals surface area contributed by atoms with E-state index in [0.29, 0.717) is 18.0 Å². The van der Waals surface area contributed by atoms with Crippen molar-refractivity contribution in [2.45, 2.75) is 58.0 Å². The van der Waals surface area contributed by atoms with Crippen LogP contribution in [0.3, 0.4) is 0 Å². The summed E-state index contributed by atoms with van der Waals surface area (Å²) in [5.74, 6) is 0. The van der Waals surface area contributed by atoms with Crippen LogP contribution in [-0.4, -0.2) is 37.4 Å². The Morgan fingerprint density at radius 1 is 1.24 bits per heavy atom. The molecule has 0 saturated heterocycles. The molecule has 0 bridgehead atoms. The van der Waals surface area contributed by atoms with Gasteiger partial charge in [-0.3, -0.25) is 0 Å². The van der Waals surface area contributed by atoms with Crippen LogP contribution in [-0.2, 0) is 23.1 Å². The van der Waals surface area contributed by atoms with Crippen LogP contribution in [0.5, 0.6) is 0 Å². The Morgan fingerprint density at radius 2 is 1.95 bits per heavy atom. The lowest BCUT2D eigenvalue weighted by Gasteiger charge is -2.15. The first-order valence-corrected chi connectivity index (χ1v) is 9.27. The van der Waals surface area contributed by atoms with Gasteiger partial charge in [0, 0.05) is 38.6 Å². The lowest BCUT2D eigenvalue weighted by Crippen LogP contribution is -2.27. The molecule has 6 heteroatoms. The van der Waals surface area contributed by atoms with E-state index in [1.54, 1.807) is 19.3 Å². The topological polar surface area (TPSA) is 54.3 Å². The van der Waals surface area contributed by atoms with Crippen molar-refractivity contribution in [3.63, 3.8) is 0 Å². The lowest BCUT2D eigenvalue weighted by atomic mass is 10.3. The molecule has 0 amide bonds. The summed E-state index contributed by atoms with van der Waals surface area (Å²) in [6.07, 6.45) is 4.63. The molecule has 0 atom stereocenters. The van der Waals surface area contributed by atoms with Crippen molar-refractivity contribution < 1.29 is 8.42 Å². The third-order valence-electron chi connectivity index (χ3n) is 3.52. The molecular formula is C15H29N3O2S. The summed E-state index contributed by atoms with van der Waals surface area (Å²) < 4.78 is 28.6. The second-order valence-electron chi connectivity index (χ2n) is 5.32. The van der Waals surface area contributed by atoms with E-state index in [9.17, 15) is 8.42 Å². The van der Waals surface area contributed by atoms with Crippen LogP contribution in [0.1, 0.15) is 45.7 Å². The Kier molecular flexibility index (Phi) is 7.42. The van der Waals surface area contributed by atoms with Crippen LogP contribution in [0.2, 0.25) is 0 Å². The van der Waals surface area contributed by atoms with E-state index in [-0.39, 0.29) is 0 Å². The fraction of sp³-hybridized carbons (Fsp3) is 0.733. The van der Waals surface area contributed by atoms with Gasteiger partial charge >= 0.3 is 0 Å². The second-order valence-corrected chi connectivity index (χ2v) is 7.37. The maximum absolute atomic E-state index is 12.6. The van der Waals surface area contributed by atoms with Gasteiger partial charge in [-0.25, -0.2) is 12.7 Å². The maximum atomic E-state index is 12.6. The fourth-order valence-electron chi connectivity index (χ4n) is 2.20. The van der Waals surface area contributed by atoms with E-state index in [4.69, 9.17) is 0 Å². The first kappa shape index (κ1) is 18.2. The van der Waals surface area contributed by atoms with Gasteiger partial charge in [-0.05, 0) is 25.5 Å². The number of unbranched alkanes of at least 4 members (excludes halogenated alkanes) is 1. The van der Waals surface area contributed by atoms with Crippen molar-refractivity contribution in [1.82, 2.24) is 14.2 Å². The molecule has 1 heterocycles. The van der Waals surface area contributed by atoms with Gasteiger partial charge in [0.1, 0.15) is 4.90 Å². The SMILES string of the molecule is CCCCN(C)S(=O)(=O)c1cc(CNCC)n(CCC)c1. The van der Waals surface area contributed by atoms with Gasteiger partial charge in [0.2, 0.25) is 10.0 Å². The van der Waals surface area contributed by atoms with Crippen molar-refractivity contribution >= 4 is 10.0 Å². The standard InChI is InChI=1S/C15H29N3O2S/c1-5-8-10-17(4)21(19,20)15-11-14(12-16-7-3)18(13-15)9-6-2/h11,13,16H,5-10,12H2,1-4H3. The van der Waals surface area contributed by atoms with Gasteiger partial charge in [0.15, 0.2) is 0 Å². The number of nitrogens with one attached hydrogen (secondary N) is 1. The average Bonchev–Trinajstić information content (AvgIpc) is 2.86. The van der Waals surface area contributed by atoms with Crippen LogP contribution >= 0.6 is 0 Å². The molecule has 0 aliphatic rings. The summed E-state index contributed by atoms with van der Waals surface area (Å²) in [6, 6.07) is 1.80. The Bertz CT molecular complexity index is 523. The third-order valence-corrected chi connectivity index (χ3v) is 5.34. The van der Waals surface area contributed by atoms with E-state index in [0.717, 1.165) is 38.0 Å². The Balaban J connectivity index is 3.00. The first-order valence-electron chi connectivity index (χ1n) is 7.83. The van der Waals surface area contributed by atoms with Crippen LogP contribution < -0.4 is 5.32 Å². The highest BCUT2D eigenvalue weighted by Gasteiger charge is 2.22. The highest BCUT2D eigenvalue weighted by atomic mass is 32.2. The zero-order valence-corrected chi connectivity index (χ0v) is 14.5. The van der Waals surface area contributed by atoms with Crippen molar-refractivity contribution in [3.8, 4) is 0 Å². The molecule has 1 aromatic rings. The second kappa shape index (κ2) is 8.56. The molecule has 0 spiro atoms. The average molecular weight is 315 g/mol. The number of hydrogen-bond donors (Lipinski definition) is 1. The predicted molar refractivity (Wildman–Crippen MR) is 86.8 cm³/mol. The van der Waals surface area contributed by atoms with Gasteiger partial charge in [-0.1, -0.05) is 27.2 Å². The molecule has 21 heavy (non-hydrogen) atoms. The molecule has 0 radical (unpaired) electrons. The number of hydrogen-bond acceptors (Lipinski definition) is 3. The van der Waals surface area contributed by atoms with Gasteiger partial charge in [-0.2, -0.15) is 0 Å². The van der Waals surface area contributed by atoms with Crippen molar-refractivity contribution in [1.29, 1.82) is 0 Å². The molecule has 0 fully saturated rings. The van der Waals surface area contributed by atoms with Crippen LogP contribution in [0.25, 0.3) is 0 Å². The fourth-order valence-corrected chi connectivity index (χ4v) is 3.47. The molecule has 0 aromatic carbocycles. The summed E-state index contributed by atoms with van der Waals surface area (Å²) in [6.45, 7) is 9.18. The van der Waals surface area contributed by atoms with Crippen LogP contribution in [0.15, 0.2) is 17.2 Å². The Hall–Kier alpha value is -0.850. The maximum Gasteiger partial charge on any atom is 0.244 e. The molecule has 122 valence electrons. The van der Waals surface area contributed by atoms with Crippen LogP contribution in [0.4, 0.5) is 0 Å². The minimum absolute atomic E-state index is 0.405. The number of rotatable bonds is 10. The van der Waals surface area contributed by atoms with E-state index in [1.165, 1.54) is 4.31 Å². The van der Waals surface area contributed by atoms with Gasteiger partial charge in [-0.15, -0.1) is 0 Å². The zero-order chi connectivity index (χ0) is 15.9. The van der Waals surface area contributed by atoms with Crippen LogP contribution in [0, 0.1) is 0 Å². The smallest absolute Gasteiger partial charge is 0.244 e. The van der Waals surface area contributed by atoms with Crippen molar-refractivity contribution in [2.24, 2.45) is 0 Å². The molecule has 0 saturated carbocycles. The quantitative estimate of drug-likeness (QED) is 0.721. The van der Waals surface area contributed by atoms with E-state index >= 15 is 0 Å². The molecule has 1 rings (SSSR count). The van der Waals surface area contributed by atoms with Gasteiger partial charge in [0.05, 0.1) is 0 Å². The summed E-state index contributed by atoms with van der Waals surface area (Å²) in [7, 11) is -1.71. The molecule has 0 aliphatic heterocycles. The number of sulfonamides is 1. The Labute approximate surface area is 129 Å². The lowest BCUT2D eigenvalue weighted by molar-refractivity contribution is 0.459. The third kappa shape index (κ3) is 4.83. The molecule has 1 N–H and O–H groups in total. The van der Waals surface area contributed by atoms with Crippen molar-refractivity contribution in [3.05, 3.63) is 18.0 Å². The zero-order valence-electron chi connectivity index (χ0n) is 13.7. The van der Waals surface area contributed by atoms with E-state index < -0.39 is 10.0 Å². The minimum Gasteiger partial charge on any atom is -0.349 e. The summed E-state index contributed by atoms with van der Waals surface area (Å²) in [5, 5.41) is 3.26. The predicted octanol–water partition coefficient (Wildman–Crippen LogP) is 2.43. The van der Waals surface area contributed by atoms with Gasteiger partial charge < -0.3 is 9.88 Å². The number of aromatic nitrogens is 1. The summed E-state index contributed by atoms with van der Waals surface area (Å²) in [5.41, 5.74) is 1.03. The highest BCUT2D eigenvalue weighted by Crippen LogP contribution is 2.19. The summed E-state index contributed by atoms with van der Waals surface area (Å²) >= 11 is 0. The van der Waals surface area contributed by atoms with E-state index in [2.05, 4.69) is 19.2 Å². The number of aryl methyl sites for hydroxylation is 1. The molecular weight excluding hydrogens is 286 g/mol. The summed E-state index contributed by atoms with van der Waals surface area (Å²) in [4.78, 5) is 0.405. The largest absolute Gasteiger partial charge is 0.349 e. The molecule has 0 aliphatic carbocycles. The normalized spacial score (nSPS) is 12.2. The Morgan fingerprint density at radius 3 is 2.52 bits per heavy atom. The molecule has 1 aromatic heterocycles.